The molecule has 0 amide bonds. The van der Waals surface area contributed by atoms with Crippen molar-refractivity contribution in [3.05, 3.63) is 348 Å². The number of rotatable bonds is 9. The predicted molar refractivity (Wildman–Crippen MR) is 315 cm³/mol. The zero-order valence-electron chi connectivity index (χ0n) is 41.8. The van der Waals surface area contributed by atoms with Gasteiger partial charge in [-0.05, 0) is 150 Å². The average Bonchev–Trinajstić information content (AvgIpc) is 4.31. The van der Waals surface area contributed by atoms with E-state index in [-0.39, 0.29) is 0 Å². The zero-order chi connectivity index (χ0) is 50.2. The van der Waals surface area contributed by atoms with Crippen LogP contribution in [-0.4, -0.2) is 0 Å². The molecule has 0 radical (unpaired) electrons. The third-order valence-corrected chi connectivity index (χ3v) is 16.5. The highest BCUT2D eigenvalue weighted by Crippen LogP contribution is 2.65. The molecule has 0 saturated heterocycles. The van der Waals surface area contributed by atoms with E-state index in [0.29, 0.717) is 0 Å². The van der Waals surface area contributed by atoms with Crippen molar-refractivity contribution in [1.82, 2.24) is 0 Å². The zero-order valence-corrected chi connectivity index (χ0v) is 41.8. The van der Waals surface area contributed by atoms with Gasteiger partial charge in [0.15, 0.2) is 0 Å². The summed E-state index contributed by atoms with van der Waals surface area (Å²) in [5.41, 5.74) is 25.4. The van der Waals surface area contributed by atoms with Crippen LogP contribution in [0.5, 0.6) is 0 Å². The Morgan fingerprint density at radius 3 is 1.12 bits per heavy atom. The van der Waals surface area contributed by atoms with Crippen molar-refractivity contribution < 1.29 is 0 Å². The van der Waals surface area contributed by atoms with Gasteiger partial charge in [-0.3, -0.25) is 0 Å². The van der Waals surface area contributed by atoms with Gasteiger partial charge in [0.05, 0.1) is 16.5 Å². The molecule has 0 bridgehead atoms. The van der Waals surface area contributed by atoms with Gasteiger partial charge in [-0.2, -0.15) is 0 Å². The fourth-order valence-corrected chi connectivity index (χ4v) is 13.5. The fraction of sp³-hybridized carbons (Fsp3) is 0.0270. The molecule has 2 nitrogen and oxygen atoms in total. The van der Waals surface area contributed by atoms with Crippen molar-refractivity contribution in [1.29, 1.82) is 0 Å². The molecule has 0 fully saturated rings. The van der Waals surface area contributed by atoms with Crippen molar-refractivity contribution >= 4 is 34.1 Å². The minimum absolute atomic E-state index is 0.632. The number of hydrogen-bond acceptors (Lipinski definition) is 2. The van der Waals surface area contributed by atoms with Crippen LogP contribution in [0.4, 0.5) is 34.1 Å². The van der Waals surface area contributed by atoms with Crippen LogP contribution in [0, 0.1) is 0 Å². The van der Waals surface area contributed by atoms with Crippen molar-refractivity contribution in [2.45, 2.75) is 10.8 Å². The minimum Gasteiger partial charge on any atom is -0.310 e. The summed E-state index contributed by atoms with van der Waals surface area (Å²) >= 11 is 0. The van der Waals surface area contributed by atoms with Crippen molar-refractivity contribution in [2.75, 3.05) is 9.80 Å². The van der Waals surface area contributed by atoms with Gasteiger partial charge < -0.3 is 9.80 Å². The smallest absolute Gasteiger partial charge is 0.0734 e. The molecule has 0 saturated carbocycles. The summed E-state index contributed by atoms with van der Waals surface area (Å²) in [5.74, 6) is 0. The van der Waals surface area contributed by atoms with E-state index in [2.05, 4.69) is 313 Å². The second kappa shape index (κ2) is 17.4. The summed E-state index contributed by atoms with van der Waals surface area (Å²) in [4.78, 5) is 4.97. The van der Waals surface area contributed by atoms with Crippen LogP contribution in [-0.2, 0) is 10.8 Å². The van der Waals surface area contributed by atoms with E-state index in [1.54, 1.807) is 0 Å². The largest absolute Gasteiger partial charge is 0.310 e. The Kier molecular flexibility index (Phi) is 10.0. The topological polar surface area (TPSA) is 6.48 Å². The van der Waals surface area contributed by atoms with Crippen LogP contribution in [0.1, 0.15) is 44.5 Å². The van der Waals surface area contributed by atoms with Crippen molar-refractivity contribution in [3.8, 4) is 44.5 Å². The van der Waals surface area contributed by atoms with E-state index >= 15 is 0 Å². The second-order valence-corrected chi connectivity index (χ2v) is 20.3. The fourth-order valence-electron chi connectivity index (χ4n) is 13.5. The molecule has 3 aliphatic carbocycles. The number of fused-ring (bicyclic) bond motifs is 13. The molecule has 356 valence electrons. The molecule has 1 atom stereocenters. The molecule has 0 aromatic heterocycles. The van der Waals surface area contributed by atoms with Crippen LogP contribution >= 0.6 is 0 Å². The van der Waals surface area contributed by atoms with E-state index in [4.69, 9.17) is 0 Å². The highest BCUT2D eigenvalue weighted by molar-refractivity contribution is 5.99. The molecule has 0 heterocycles. The quantitative estimate of drug-likeness (QED) is 0.142. The first-order chi connectivity index (χ1) is 37.7. The Morgan fingerprint density at radius 2 is 0.579 bits per heavy atom. The molecule has 12 aromatic carbocycles. The molecule has 12 aromatic rings. The third-order valence-electron chi connectivity index (χ3n) is 16.5. The van der Waals surface area contributed by atoms with Gasteiger partial charge in [0.25, 0.3) is 0 Å². The molecule has 15 rings (SSSR count). The van der Waals surface area contributed by atoms with Crippen LogP contribution in [0.25, 0.3) is 44.5 Å². The van der Waals surface area contributed by atoms with Gasteiger partial charge in [-0.25, -0.2) is 0 Å². The lowest BCUT2D eigenvalue weighted by Gasteiger charge is -2.38. The lowest BCUT2D eigenvalue weighted by atomic mass is 9.67. The van der Waals surface area contributed by atoms with Crippen LogP contribution in [0.2, 0.25) is 0 Å². The average molecular weight is 967 g/mol. The molecule has 1 unspecified atom stereocenters. The van der Waals surface area contributed by atoms with E-state index in [1.807, 2.05) is 0 Å². The maximum atomic E-state index is 2.57. The summed E-state index contributed by atoms with van der Waals surface area (Å²) in [6.07, 6.45) is 0. The first-order valence-corrected chi connectivity index (χ1v) is 26.4. The maximum absolute atomic E-state index is 2.57. The van der Waals surface area contributed by atoms with Gasteiger partial charge in [0.2, 0.25) is 0 Å². The number of nitrogens with zero attached hydrogens (tertiary/aromatic N) is 2. The number of para-hydroxylation sites is 2. The lowest BCUT2D eigenvalue weighted by Crippen LogP contribution is -2.30. The molecular weight excluding hydrogens is 917 g/mol. The van der Waals surface area contributed by atoms with Crippen molar-refractivity contribution in [2.24, 2.45) is 0 Å². The Balaban J connectivity index is 1.03. The van der Waals surface area contributed by atoms with Gasteiger partial charge in [0.1, 0.15) is 0 Å². The highest BCUT2D eigenvalue weighted by Gasteiger charge is 2.53. The van der Waals surface area contributed by atoms with Gasteiger partial charge in [0, 0.05) is 34.0 Å². The van der Waals surface area contributed by atoms with Crippen molar-refractivity contribution in [3.63, 3.8) is 0 Å². The number of benzene rings is 12. The van der Waals surface area contributed by atoms with E-state index in [1.165, 1.54) is 83.5 Å². The molecule has 1 spiro atoms. The summed E-state index contributed by atoms with van der Waals surface area (Å²) in [6.45, 7) is 0. The molecule has 0 aliphatic heterocycles. The molecular formula is C74H50N2. The maximum Gasteiger partial charge on any atom is 0.0734 e. The SMILES string of the molecule is c1ccc(-c2cccc(N(c3ccc4c(c3)C3(c5ccccc5-c5ccc(N(c6ccccc6)c6ccccc6)cc53)c3ccccc3-4)c3cccc4c3C(c3ccccc3)(c3ccccc3)c3ccccc3-4)c2)cc1. The Hall–Kier alpha value is -9.76. The number of hydrogen-bond donors (Lipinski definition) is 0. The normalized spacial score (nSPS) is 14.7. The Bertz CT molecular complexity index is 4080. The molecule has 76 heavy (non-hydrogen) atoms. The van der Waals surface area contributed by atoms with Crippen LogP contribution < -0.4 is 9.80 Å². The standard InChI is InChI=1S/C74H50N2/c1-6-24-51(25-7-1)52-26-22-35-57(48-52)76(71-43-23-39-65-62-38-18-19-40-66(62)73(72(65)71,53-27-8-2-9-28-53)54-29-10-3-11-30-54)59-45-47-64-61-37-17-21-42-68(61)74(70(64)50-59)67-41-20-16-36-60(67)63-46-44-58(49-69(63)74)75(55-31-12-4-13-32-55)56-33-14-5-15-34-56/h1-50H. The molecule has 0 N–H and O–H groups in total. The summed E-state index contributed by atoms with van der Waals surface area (Å²) in [5, 5.41) is 0. The summed E-state index contributed by atoms with van der Waals surface area (Å²) in [6, 6.07) is 113. The Labute approximate surface area is 444 Å². The first kappa shape index (κ1) is 43.8. The monoisotopic (exact) mass is 966 g/mol. The second-order valence-electron chi connectivity index (χ2n) is 20.3. The van der Waals surface area contributed by atoms with E-state index in [9.17, 15) is 0 Å². The highest BCUT2D eigenvalue weighted by atomic mass is 15.2. The van der Waals surface area contributed by atoms with Gasteiger partial charge >= 0.3 is 0 Å². The summed E-state index contributed by atoms with van der Waals surface area (Å²) < 4.78 is 0. The first-order valence-electron chi connectivity index (χ1n) is 26.4. The van der Waals surface area contributed by atoms with E-state index < -0.39 is 10.8 Å². The molecule has 2 heteroatoms. The van der Waals surface area contributed by atoms with E-state index in [0.717, 1.165) is 39.7 Å². The number of anilines is 6. The predicted octanol–water partition coefficient (Wildman–Crippen LogP) is 19.0. The van der Waals surface area contributed by atoms with Gasteiger partial charge in [-0.1, -0.05) is 237 Å². The van der Waals surface area contributed by atoms with Crippen LogP contribution in [0.3, 0.4) is 0 Å². The van der Waals surface area contributed by atoms with Gasteiger partial charge in [-0.15, -0.1) is 0 Å². The summed E-state index contributed by atoms with van der Waals surface area (Å²) in [7, 11) is 0. The minimum atomic E-state index is -0.641. The molecule has 3 aliphatic rings. The third kappa shape index (κ3) is 6.34. The Morgan fingerprint density at radius 1 is 0.211 bits per heavy atom. The lowest BCUT2D eigenvalue weighted by molar-refractivity contribution is 0.767. The van der Waals surface area contributed by atoms with Crippen LogP contribution in [0.15, 0.2) is 303 Å².